The van der Waals surface area contributed by atoms with Crippen LogP contribution in [0, 0.1) is 6.92 Å². The predicted molar refractivity (Wildman–Crippen MR) is 75.6 cm³/mol. The highest BCUT2D eigenvalue weighted by Gasteiger charge is 2.55. The van der Waals surface area contributed by atoms with Crippen molar-refractivity contribution >= 4 is 8.32 Å². The second-order valence-electron chi connectivity index (χ2n) is 5.93. The second-order valence-corrected chi connectivity index (χ2v) is 10.4. The van der Waals surface area contributed by atoms with Gasteiger partial charge in [0.25, 0.3) is 0 Å². The number of aryl methyl sites for hydroxylation is 1. The first-order valence-electron chi connectivity index (χ1n) is 6.33. The normalized spacial score (nSPS) is 15.8. The minimum absolute atomic E-state index is 0.103. The van der Waals surface area contributed by atoms with Crippen molar-refractivity contribution in [2.75, 3.05) is 7.11 Å². The summed E-state index contributed by atoms with van der Waals surface area (Å²) in [5.41, 5.74) is -1.54. The van der Waals surface area contributed by atoms with Crippen LogP contribution in [-0.2, 0) is 10.0 Å². The Morgan fingerprint density at radius 2 is 1.65 bits per heavy atom. The Balaban J connectivity index is 3.35. The van der Waals surface area contributed by atoms with Gasteiger partial charge < -0.3 is 9.16 Å². The molecule has 0 aromatic heterocycles. The third-order valence-electron chi connectivity index (χ3n) is 3.00. The van der Waals surface area contributed by atoms with Gasteiger partial charge in [-0.3, -0.25) is 0 Å². The van der Waals surface area contributed by atoms with Crippen LogP contribution in [0.15, 0.2) is 18.2 Å². The maximum absolute atomic E-state index is 13.5. The van der Waals surface area contributed by atoms with Gasteiger partial charge in [-0.15, -0.1) is 0 Å². The standard InChI is InChI=1S/C14H21F3O2Si/c1-10-9-11(7-8-12(10)18-3)13(2,14(15,16)17)19-20(4,5)6/h7-9H,1-6H3. The molecule has 0 heterocycles. The van der Waals surface area contributed by atoms with E-state index in [9.17, 15) is 13.2 Å². The summed E-state index contributed by atoms with van der Waals surface area (Å²) < 4.78 is 51.1. The van der Waals surface area contributed by atoms with Crippen LogP contribution in [0.2, 0.25) is 19.6 Å². The summed E-state index contributed by atoms with van der Waals surface area (Å²) in [6.45, 7) is 8.04. The number of hydrogen-bond acceptors (Lipinski definition) is 2. The fourth-order valence-electron chi connectivity index (χ4n) is 2.07. The van der Waals surface area contributed by atoms with E-state index >= 15 is 0 Å². The molecule has 1 atom stereocenters. The van der Waals surface area contributed by atoms with Gasteiger partial charge in [-0.1, -0.05) is 6.07 Å². The average molecular weight is 306 g/mol. The minimum Gasteiger partial charge on any atom is -0.496 e. The smallest absolute Gasteiger partial charge is 0.420 e. The van der Waals surface area contributed by atoms with Gasteiger partial charge in [0.15, 0.2) is 13.9 Å². The van der Waals surface area contributed by atoms with Crippen molar-refractivity contribution < 1.29 is 22.3 Å². The summed E-state index contributed by atoms with van der Waals surface area (Å²) in [6, 6.07) is 4.44. The molecule has 0 amide bonds. The third kappa shape index (κ3) is 3.55. The van der Waals surface area contributed by atoms with Crippen LogP contribution >= 0.6 is 0 Å². The van der Waals surface area contributed by atoms with Crippen LogP contribution in [0.5, 0.6) is 5.75 Å². The van der Waals surface area contributed by atoms with Crippen molar-refractivity contribution in [2.45, 2.75) is 45.3 Å². The number of ether oxygens (including phenoxy) is 1. The fourth-order valence-corrected chi connectivity index (χ4v) is 3.53. The molecular formula is C14H21F3O2Si. The van der Waals surface area contributed by atoms with Crippen LogP contribution < -0.4 is 4.74 Å². The quantitative estimate of drug-likeness (QED) is 0.755. The van der Waals surface area contributed by atoms with Gasteiger partial charge in [-0.2, -0.15) is 13.2 Å². The molecule has 0 radical (unpaired) electrons. The average Bonchev–Trinajstić information content (AvgIpc) is 2.25. The molecule has 20 heavy (non-hydrogen) atoms. The summed E-state index contributed by atoms with van der Waals surface area (Å²) >= 11 is 0. The van der Waals surface area contributed by atoms with Crippen molar-refractivity contribution in [3.63, 3.8) is 0 Å². The zero-order valence-corrected chi connectivity index (χ0v) is 13.7. The van der Waals surface area contributed by atoms with Crippen LogP contribution in [-0.4, -0.2) is 21.6 Å². The molecule has 1 rings (SSSR count). The highest BCUT2D eigenvalue weighted by atomic mass is 28.4. The number of methoxy groups -OCH3 is 1. The molecular weight excluding hydrogens is 285 g/mol. The molecule has 0 spiro atoms. The van der Waals surface area contributed by atoms with Crippen LogP contribution in [0.4, 0.5) is 13.2 Å². The molecule has 1 aromatic carbocycles. The number of rotatable bonds is 4. The SMILES string of the molecule is COc1ccc(C(C)(O[Si](C)(C)C)C(F)(F)F)cc1C. The van der Waals surface area contributed by atoms with E-state index in [1.54, 1.807) is 32.6 Å². The summed E-state index contributed by atoms with van der Waals surface area (Å²) in [5, 5.41) is 0. The van der Waals surface area contributed by atoms with Gasteiger partial charge >= 0.3 is 6.18 Å². The van der Waals surface area contributed by atoms with Crippen molar-refractivity contribution in [3.05, 3.63) is 29.3 Å². The van der Waals surface area contributed by atoms with Crippen molar-refractivity contribution in [2.24, 2.45) is 0 Å². The Kier molecular flexibility index (Phi) is 4.61. The first kappa shape index (κ1) is 17.0. The maximum Gasteiger partial charge on any atom is 0.420 e. The first-order valence-corrected chi connectivity index (χ1v) is 9.73. The van der Waals surface area contributed by atoms with Gasteiger partial charge in [-0.25, -0.2) is 0 Å². The largest absolute Gasteiger partial charge is 0.496 e. The Hall–Kier alpha value is -1.01. The Morgan fingerprint density at radius 3 is 2.00 bits per heavy atom. The van der Waals surface area contributed by atoms with Crippen molar-refractivity contribution in [1.29, 1.82) is 0 Å². The number of benzene rings is 1. The van der Waals surface area contributed by atoms with E-state index in [1.807, 2.05) is 0 Å². The van der Waals surface area contributed by atoms with Gasteiger partial charge in [0.1, 0.15) is 5.75 Å². The lowest BCUT2D eigenvalue weighted by Gasteiger charge is -2.38. The maximum atomic E-state index is 13.5. The molecule has 0 aliphatic carbocycles. The zero-order chi connectivity index (χ0) is 15.8. The zero-order valence-electron chi connectivity index (χ0n) is 12.7. The molecule has 0 fully saturated rings. The Labute approximate surface area is 119 Å². The molecule has 0 aliphatic heterocycles. The van der Waals surface area contributed by atoms with Gasteiger partial charge in [0.05, 0.1) is 7.11 Å². The van der Waals surface area contributed by atoms with Crippen molar-refractivity contribution in [3.8, 4) is 5.75 Å². The van der Waals surface area contributed by atoms with E-state index in [0.29, 0.717) is 11.3 Å². The number of hydrogen-bond donors (Lipinski definition) is 0. The highest BCUT2D eigenvalue weighted by Crippen LogP contribution is 2.44. The monoisotopic (exact) mass is 306 g/mol. The van der Waals surface area contributed by atoms with Gasteiger partial charge in [0.2, 0.25) is 0 Å². The van der Waals surface area contributed by atoms with E-state index in [1.165, 1.54) is 19.2 Å². The molecule has 0 aliphatic rings. The molecule has 0 N–H and O–H groups in total. The lowest BCUT2D eigenvalue weighted by Crippen LogP contribution is -2.48. The van der Waals surface area contributed by atoms with Gasteiger partial charge in [0, 0.05) is 0 Å². The third-order valence-corrected chi connectivity index (χ3v) is 4.02. The lowest BCUT2D eigenvalue weighted by atomic mass is 9.94. The van der Waals surface area contributed by atoms with E-state index in [0.717, 1.165) is 6.92 Å². The highest BCUT2D eigenvalue weighted by molar-refractivity contribution is 6.69. The molecule has 2 nitrogen and oxygen atoms in total. The molecule has 0 saturated heterocycles. The molecule has 0 bridgehead atoms. The molecule has 6 heteroatoms. The summed E-state index contributed by atoms with van der Waals surface area (Å²) in [5.74, 6) is 0.561. The summed E-state index contributed by atoms with van der Waals surface area (Å²) in [7, 11) is -0.886. The Bertz CT molecular complexity index is 480. The molecule has 114 valence electrons. The summed E-state index contributed by atoms with van der Waals surface area (Å²) in [4.78, 5) is 0. The Morgan fingerprint density at radius 1 is 1.10 bits per heavy atom. The fraction of sp³-hybridized carbons (Fsp3) is 0.571. The summed E-state index contributed by atoms with van der Waals surface area (Å²) in [6.07, 6.45) is -4.48. The molecule has 1 unspecified atom stereocenters. The van der Waals surface area contributed by atoms with E-state index in [2.05, 4.69) is 0 Å². The second kappa shape index (κ2) is 5.41. The van der Waals surface area contributed by atoms with Crippen LogP contribution in [0.3, 0.4) is 0 Å². The predicted octanol–water partition coefficient (Wildman–Crippen LogP) is 4.63. The topological polar surface area (TPSA) is 18.5 Å². The van der Waals surface area contributed by atoms with E-state index in [-0.39, 0.29) is 5.56 Å². The van der Waals surface area contributed by atoms with Crippen LogP contribution in [0.1, 0.15) is 18.1 Å². The van der Waals surface area contributed by atoms with E-state index < -0.39 is 20.1 Å². The number of alkyl halides is 3. The molecule has 0 saturated carbocycles. The van der Waals surface area contributed by atoms with Gasteiger partial charge in [-0.05, 0) is 56.7 Å². The molecule has 1 aromatic rings. The minimum atomic E-state index is -4.48. The number of halogens is 3. The first-order chi connectivity index (χ1) is 8.90. The van der Waals surface area contributed by atoms with E-state index in [4.69, 9.17) is 9.16 Å². The van der Waals surface area contributed by atoms with Crippen molar-refractivity contribution in [1.82, 2.24) is 0 Å². The van der Waals surface area contributed by atoms with Crippen LogP contribution in [0.25, 0.3) is 0 Å². The lowest BCUT2D eigenvalue weighted by molar-refractivity contribution is -0.250.